The van der Waals surface area contributed by atoms with Crippen LogP contribution >= 0.6 is 11.8 Å². The van der Waals surface area contributed by atoms with Crippen LogP contribution in [-0.4, -0.2) is 49.2 Å². The summed E-state index contributed by atoms with van der Waals surface area (Å²) in [6.45, 7) is 5.49. The first-order chi connectivity index (χ1) is 12.5. The van der Waals surface area contributed by atoms with Gasteiger partial charge in [0.05, 0.1) is 10.9 Å². The lowest BCUT2D eigenvalue weighted by Gasteiger charge is -2.33. The number of rotatable bonds is 5. The Hall–Kier alpha value is -2.02. The minimum atomic E-state index is -0.127. The van der Waals surface area contributed by atoms with Gasteiger partial charge in [-0.1, -0.05) is 25.1 Å². The van der Waals surface area contributed by atoms with Crippen LogP contribution in [0.3, 0.4) is 0 Å². The highest BCUT2D eigenvalue weighted by atomic mass is 32.2. The molecule has 0 saturated carbocycles. The first-order valence-electron chi connectivity index (χ1n) is 9.14. The van der Waals surface area contributed by atoms with Crippen molar-refractivity contribution in [3.63, 3.8) is 0 Å². The third-order valence-corrected chi connectivity index (χ3v) is 5.94. The Morgan fingerprint density at radius 2 is 1.92 bits per heavy atom. The summed E-state index contributed by atoms with van der Waals surface area (Å²) in [5.41, 5.74) is 0.713. The quantitative estimate of drug-likeness (QED) is 0.806. The van der Waals surface area contributed by atoms with Gasteiger partial charge in [-0.2, -0.15) is 5.10 Å². The van der Waals surface area contributed by atoms with E-state index in [2.05, 4.69) is 12.0 Å². The molecule has 6 nitrogen and oxygen atoms in total. The maximum Gasteiger partial charge on any atom is 0.350 e. The fourth-order valence-corrected chi connectivity index (χ4v) is 4.30. The van der Waals surface area contributed by atoms with Crippen LogP contribution in [0.15, 0.2) is 35.1 Å². The van der Waals surface area contributed by atoms with Crippen molar-refractivity contribution in [1.82, 2.24) is 19.2 Å². The highest BCUT2D eigenvalue weighted by Gasteiger charge is 2.30. The Morgan fingerprint density at radius 3 is 2.54 bits per heavy atom. The lowest BCUT2D eigenvalue weighted by Crippen LogP contribution is -2.42. The van der Waals surface area contributed by atoms with Gasteiger partial charge in [-0.25, -0.2) is 14.0 Å². The number of likely N-dealkylation sites (tertiary alicyclic amines) is 1. The molecular formula is C19H26N4O2S. The first-order valence-corrected chi connectivity index (χ1v) is 10.2. The van der Waals surface area contributed by atoms with Crippen molar-refractivity contribution < 1.29 is 4.79 Å². The molecule has 1 atom stereocenters. The number of aryl methyl sites for hydroxylation is 1. The Bertz CT molecular complexity index is 807. The summed E-state index contributed by atoms with van der Waals surface area (Å²) in [5.74, 6) is 2.14. The normalized spacial score (nSPS) is 16.7. The number of carbonyl (C=O) groups excluding carboxylic acids is 1. The molecule has 1 aliphatic rings. The summed E-state index contributed by atoms with van der Waals surface area (Å²) >= 11 is 1.68. The van der Waals surface area contributed by atoms with Crippen molar-refractivity contribution in [2.45, 2.75) is 37.9 Å². The highest BCUT2D eigenvalue weighted by molar-refractivity contribution is 8.00. The second kappa shape index (κ2) is 8.12. The molecule has 7 heteroatoms. The van der Waals surface area contributed by atoms with E-state index in [1.165, 1.54) is 4.68 Å². The summed E-state index contributed by atoms with van der Waals surface area (Å²) in [5, 5.41) is 4.51. The molecule has 1 aromatic carbocycles. The number of para-hydroxylation sites is 1. The Balaban J connectivity index is 1.78. The molecule has 1 amide bonds. The monoisotopic (exact) mass is 374 g/mol. The van der Waals surface area contributed by atoms with Crippen molar-refractivity contribution in [3.8, 4) is 5.69 Å². The fraction of sp³-hybridized carbons (Fsp3) is 0.526. The number of amides is 1. The highest BCUT2D eigenvalue weighted by Crippen LogP contribution is 2.28. The van der Waals surface area contributed by atoms with E-state index in [4.69, 9.17) is 0 Å². The third kappa shape index (κ3) is 3.72. The zero-order chi connectivity index (χ0) is 18.7. The van der Waals surface area contributed by atoms with Crippen LogP contribution in [0.4, 0.5) is 0 Å². The van der Waals surface area contributed by atoms with Gasteiger partial charge in [-0.3, -0.25) is 4.79 Å². The number of hydrogen-bond acceptors (Lipinski definition) is 4. The van der Waals surface area contributed by atoms with E-state index in [0.29, 0.717) is 0 Å². The lowest BCUT2D eigenvalue weighted by molar-refractivity contribution is -0.131. The summed E-state index contributed by atoms with van der Waals surface area (Å²) in [6, 6.07) is 9.63. The number of benzene rings is 1. The minimum absolute atomic E-state index is 0.00824. The predicted octanol–water partition coefficient (Wildman–Crippen LogP) is 2.42. The molecule has 0 radical (unpaired) electrons. The summed E-state index contributed by atoms with van der Waals surface area (Å²) in [4.78, 5) is 27.0. The van der Waals surface area contributed by atoms with Crippen LogP contribution in [0.5, 0.6) is 0 Å². The first kappa shape index (κ1) is 18.8. The third-order valence-electron chi connectivity index (χ3n) is 4.90. The molecule has 1 aromatic heterocycles. The molecule has 3 rings (SSSR count). The van der Waals surface area contributed by atoms with Gasteiger partial charge in [0.2, 0.25) is 5.91 Å². The largest absolute Gasteiger partial charge is 0.350 e. The SMILES string of the molecule is CCS[C@@H](C)C(=O)N1CCC(c2nn(C)c(=O)n2-c2ccccc2)CC1. The van der Waals surface area contributed by atoms with E-state index in [1.807, 2.05) is 42.2 Å². The second-order valence-corrected chi connectivity index (χ2v) is 8.25. The Morgan fingerprint density at radius 1 is 1.27 bits per heavy atom. The molecule has 1 fully saturated rings. The van der Waals surface area contributed by atoms with Crippen molar-refractivity contribution in [1.29, 1.82) is 0 Å². The fourth-order valence-electron chi connectivity index (χ4n) is 3.50. The van der Waals surface area contributed by atoms with Crippen LogP contribution in [0.2, 0.25) is 0 Å². The number of nitrogens with zero attached hydrogens (tertiary/aromatic N) is 4. The summed E-state index contributed by atoms with van der Waals surface area (Å²) in [7, 11) is 1.69. The molecule has 0 aliphatic carbocycles. The van der Waals surface area contributed by atoms with Crippen LogP contribution < -0.4 is 5.69 Å². The minimum Gasteiger partial charge on any atom is -0.342 e. The smallest absolute Gasteiger partial charge is 0.342 e. The van der Waals surface area contributed by atoms with E-state index in [0.717, 1.165) is 43.2 Å². The van der Waals surface area contributed by atoms with Crippen molar-refractivity contribution in [3.05, 3.63) is 46.6 Å². The number of thioether (sulfide) groups is 1. The van der Waals surface area contributed by atoms with Gasteiger partial charge in [-0.15, -0.1) is 11.8 Å². The molecular weight excluding hydrogens is 348 g/mol. The van der Waals surface area contributed by atoms with E-state index in [1.54, 1.807) is 23.4 Å². The maximum atomic E-state index is 12.6. The molecule has 26 heavy (non-hydrogen) atoms. The van der Waals surface area contributed by atoms with E-state index in [-0.39, 0.29) is 22.8 Å². The summed E-state index contributed by atoms with van der Waals surface area (Å²) in [6.07, 6.45) is 1.66. The van der Waals surface area contributed by atoms with Gasteiger partial charge in [0, 0.05) is 26.1 Å². The van der Waals surface area contributed by atoms with E-state index < -0.39 is 0 Å². The van der Waals surface area contributed by atoms with Gasteiger partial charge in [-0.05, 0) is 37.7 Å². The van der Waals surface area contributed by atoms with Crippen molar-refractivity contribution in [2.75, 3.05) is 18.8 Å². The van der Waals surface area contributed by atoms with Crippen LogP contribution in [0.25, 0.3) is 5.69 Å². The van der Waals surface area contributed by atoms with Gasteiger partial charge in [0.25, 0.3) is 0 Å². The van der Waals surface area contributed by atoms with Gasteiger partial charge in [0.15, 0.2) is 0 Å². The molecule has 0 spiro atoms. The Kier molecular flexibility index (Phi) is 5.86. The van der Waals surface area contributed by atoms with Crippen LogP contribution in [0.1, 0.15) is 38.4 Å². The summed E-state index contributed by atoms with van der Waals surface area (Å²) < 4.78 is 3.11. The topological polar surface area (TPSA) is 60.1 Å². The molecule has 0 N–H and O–H groups in total. The molecule has 140 valence electrons. The lowest BCUT2D eigenvalue weighted by atomic mass is 9.95. The molecule has 1 saturated heterocycles. The van der Waals surface area contributed by atoms with Crippen LogP contribution in [0, 0.1) is 0 Å². The van der Waals surface area contributed by atoms with E-state index in [9.17, 15) is 9.59 Å². The maximum absolute atomic E-state index is 12.6. The van der Waals surface area contributed by atoms with Crippen molar-refractivity contribution in [2.24, 2.45) is 7.05 Å². The standard InChI is InChI=1S/C19H26N4O2S/c1-4-26-14(2)18(24)22-12-10-15(11-13-22)17-20-21(3)19(25)23(17)16-8-6-5-7-9-16/h5-9,14-15H,4,10-13H2,1-3H3/t14-/m0/s1. The number of aromatic nitrogens is 3. The van der Waals surface area contributed by atoms with Gasteiger partial charge < -0.3 is 4.90 Å². The number of carbonyl (C=O) groups is 1. The van der Waals surface area contributed by atoms with Crippen LogP contribution in [-0.2, 0) is 11.8 Å². The predicted molar refractivity (Wildman–Crippen MR) is 105 cm³/mol. The Labute approximate surface area is 158 Å². The molecule has 1 aliphatic heterocycles. The average molecular weight is 375 g/mol. The molecule has 2 heterocycles. The second-order valence-electron chi connectivity index (χ2n) is 6.63. The number of hydrogen-bond donors (Lipinski definition) is 0. The average Bonchev–Trinajstić information content (AvgIpc) is 2.97. The van der Waals surface area contributed by atoms with Gasteiger partial charge in [0.1, 0.15) is 5.82 Å². The van der Waals surface area contributed by atoms with E-state index >= 15 is 0 Å². The van der Waals surface area contributed by atoms with Gasteiger partial charge >= 0.3 is 5.69 Å². The molecule has 0 bridgehead atoms. The number of piperidine rings is 1. The zero-order valence-corrected chi connectivity index (χ0v) is 16.4. The zero-order valence-electron chi connectivity index (χ0n) is 15.6. The molecule has 0 unspecified atom stereocenters. The van der Waals surface area contributed by atoms with Crippen molar-refractivity contribution >= 4 is 17.7 Å². The molecule has 2 aromatic rings.